The lowest BCUT2D eigenvalue weighted by Gasteiger charge is -2.20. The number of aromatic amines is 1. The number of aliphatic imine (C=N–C) groups is 4. The highest BCUT2D eigenvalue weighted by Gasteiger charge is 2.25. The van der Waals surface area contributed by atoms with Gasteiger partial charge in [0.2, 0.25) is 0 Å². The highest BCUT2D eigenvalue weighted by molar-refractivity contribution is 7.11. The molecule has 14 heteroatoms. The minimum atomic E-state index is 0.147. The summed E-state index contributed by atoms with van der Waals surface area (Å²) < 4.78 is 8.45. The Bertz CT molecular complexity index is 3340. The van der Waals surface area contributed by atoms with E-state index in [1.165, 1.54) is 49.1 Å². The van der Waals surface area contributed by atoms with Crippen LogP contribution in [0.4, 0.5) is 0 Å². The number of nitrogens with one attached hydrogen (secondary N) is 1. The SMILES string of the molecule is C=CC1=NC(C(C)(C)C)=CC1.C=CC1=NCC(C(C)(C)C)=C1.C=CC1=NCC=C1C(C)(C)C.C=CC1=NCC=C1C(C)(C)C.C=Cc1cc(C(C)(C)C)[nH]n1.Cc1cc(C(C)(C)C)sn1.Cc1nc(C(C)(C)C)cs1.Cc1ncc(C(C)(C)C)s1.Cc1nscc1C(C)(C)C. The van der Waals surface area contributed by atoms with Crippen LogP contribution < -0.4 is 0 Å². The Morgan fingerprint density at radius 3 is 1.26 bits per heavy atom. The number of nitrogens with zero attached hydrogens (tertiary/aromatic N) is 9. The van der Waals surface area contributed by atoms with Crippen LogP contribution in [0.1, 0.15) is 247 Å². The smallest absolute Gasteiger partial charge is 0.0897 e. The first-order valence-corrected chi connectivity index (χ1v) is 36.5. The van der Waals surface area contributed by atoms with Crippen LogP contribution in [0.3, 0.4) is 0 Å². The minimum absolute atomic E-state index is 0.147. The predicted octanol–water partition coefficient (Wildman–Crippen LogP) is 24.1. The first kappa shape index (κ1) is 87.1. The molecule has 0 bridgehead atoms. The van der Waals surface area contributed by atoms with E-state index < -0.39 is 0 Å². The van der Waals surface area contributed by atoms with Gasteiger partial charge in [-0.3, -0.25) is 25.1 Å². The second-order valence-corrected chi connectivity index (χ2v) is 36.8. The Hall–Kier alpha value is -5.93. The zero-order chi connectivity index (χ0) is 73.5. The minimum Gasteiger partial charge on any atom is -0.281 e. The van der Waals surface area contributed by atoms with Crippen molar-refractivity contribution in [2.45, 2.75) is 248 Å². The molecule has 0 saturated heterocycles. The molecule has 1 N–H and O–H groups in total. The summed E-state index contributed by atoms with van der Waals surface area (Å²) in [6, 6.07) is 4.18. The predicted molar refractivity (Wildman–Crippen MR) is 429 cm³/mol. The lowest BCUT2D eigenvalue weighted by Crippen LogP contribution is -2.14. The maximum absolute atomic E-state index is 4.44. The van der Waals surface area contributed by atoms with Crippen LogP contribution in [-0.2, 0) is 27.1 Å². The van der Waals surface area contributed by atoms with E-state index in [2.05, 4.69) is 317 Å². The standard InChI is InChI=1S/4C10H15N.C9H14N2.4C8H13NS/c1-5-9-6-8(7-11-9)10(2,3)4;2*1-5-9-8(6-7-11-9)10(2,3)4;1-5-8-6-7-9(11-8)10(2,3)4;1-5-7-6-8(11-10-7)9(2,3)4;1-6-9-7(5-10-6)8(2,3)4;1-6-9-5-7(10-6)8(2,3)4;1-6-7(5-10-9-6)8(2,3)4;1-6-5-7(10-9-6)8(2,3)4/h3*5-6H,1,7H2,2-4H3;5,7H,1,6H2,2-4H3;5-6H,1H2,2-4H3,(H,10,11);4*5H,1-4H3. The molecule has 0 amide bonds. The first-order chi connectivity index (χ1) is 43.2. The molecule has 0 aliphatic carbocycles. The molecule has 4 aliphatic heterocycles. The van der Waals surface area contributed by atoms with Crippen molar-refractivity contribution in [2.75, 3.05) is 19.6 Å². The lowest BCUT2D eigenvalue weighted by atomic mass is 9.84. The van der Waals surface area contributed by atoms with Crippen LogP contribution in [-0.4, -0.2) is 71.4 Å². The molecule has 0 spiro atoms. The summed E-state index contributed by atoms with van der Waals surface area (Å²) in [6.45, 7) is 88.4. The van der Waals surface area contributed by atoms with Gasteiger partial charge < -0.3 is 0 Å². The Labute approximate surface area is 595 Å². The van der Waals surface area contributed by atoms with Crippen LogP contribution in [0, 0.1) is 49.4 Å². The third-order valence-electron chi connectivity index (χ3n) is 14.7. The van der Waals surface area contributed by atoms with E-state index in [0.29, 0.717) is 0 Å². The summed E-state index contributed by atoms with van der Waals surface area (Å²) in [6.07, 6.45) is 20.6. The molecule has 9 rings (SSSR count). The summed E-state index contributed by atoms with van der Waals surface area (Å²) >= 11 is 6.65. The number of allylic oxidation sites excluding steroid dienone is 9. The monoisotopic (exact) mass is 1370 g/mol. The Kier molecular flexibility index (Phi) is 34.0. The fraction of sp³-hybridized carbons (Fsp3) is 0.543. The molecule has 524 valence electrons. The van der Waals surface area contributed by atoms with Crippen molar-refractivity contribution in [3.63, 3.8) is 0 Å². The molecule has 5 aromatic rings. The molecule has 5 aromatic heterocycles. The van der Waals surface area contributed by atoms with E-state index in [0.717, 1.165) is 76.0 Å². The third kappa shape index (κ3) is 32.3. The van der Waals surface area contributed by atoms with Crippen molar-refractivity contribution in [1.82, 2.24) is 28.9 Å². The van der Waals surface area contributed by atoms with Gasteiger partial charge in [0.25, 0.3) is 0 Å². The molecule has 0 atom stereocenters. The molecule has 0 saturated carbocycles. The van der Waals surface area contributed by atoms with E-state index in [9.17, 15) is 0 Å². The fourth-order valence-corrected chi connectivity index (χ4v) is 12.0. The van der Waals surface area contributed by atoms with Crippen LogP contribution in [0.2, 0.25) is 0 Å². The highest BCUT2D eigenvalue weighted by atomic mass is 32.1. The zero-order valence-corrected chi connectivity index (χ0v) is 68.4. The summed E-state index contributed by atoms with van der Waals surface area (Å²) in [5.41, 5.74) is 18.5. The van der Waals surface area contributed by atoms with Crippen molar-refractivity contribution < 1.29 is 0 Å². The molecule has 9 heterocycles. The normalized spacial score (nSPS) is 14.6. The van der Waals surface area contributed by atoms with Gasteiger partial charge in [-0.1, -0.05) is 238 Å². The summed E-state index contributed by atoms with van der Waals surface area (Å²) in [4.78, 5) is 28.7. The van der Waals surface area contributed by atoms with Gasteiger partial charge in [-0.2, -0.15) is 13.8 Å². The lowest BCUT2D eigenvalue weighted by molar-refractivity contribution is 0.499. The largest absolute Gasteiger partial charge is 0.281 e. The van der Waals surface area contributed by atoms with Gasteiger partial charge in [0.1, 0.15) is 0 Å². The number of rotatable bonds is 5. The van der Waals surface area contributed by atoms with Crippen LogP contribution in [0.15, 0.2) is 153 Å². The van der Waals surface area contributed by atoms with E-state index in [1.54, 1.807) is 57.9 Å². The molecule has 0 fully saturated rings. The highest BCUT2D eigenvalue weighted by Crippen LogP contribution is 2.34. The number of aromatic nitrogens is 6. The molecule has 95 heavy (non-hydrogen) atoms. The quantitative estimate of drug-likeness (QED) is 0.187. The Morgan fingerprint density at radius 2 is 1.04 bits per heavy atom. The van der Waals surface area contributed by atoms with E-state index >= 15 is 0 Å². The molecule has 10 nitrogen and oxygen atoms in total. The fourth-order valence-electron chi connectivity index (χ4n) is 8.62. The van der Waals surface area contributed by atoms with Crippen molar-refractivity contribution in [3.8, 4) is 0 Å². The topological polar surface area (TPSA) is 130 Å². The van der Waals surface area contributed by atoms with Gasteiger partial charge >= 0.3 is 0 Å². The van der Waals surface area contributed by atoms with Gasteiger partial charge in [-0.05, 0) is 154 Å². The zero-order valence-electron chi connectivity index (χ0n) is 65.1. The second-order valence-electron chi connectivity index (χ2n) is 33.1. The van der Waals surface area contributed by atoms with Crippen molar-refractivity contribution >= 4 is 74.7 Å². The van der Waals surface area contributed by atoms with Crippen LogP contribution >= 0.6 is 45.7 Å². The second kappa shape index (κ2) is 37.1. The maximum atomic E-state index is 4.44. The van der Waals surface area contributed by atoms with Crippen molar-refractivity contribution in [2.24, 2.45) is 41.6 Å². The number of hydrogen-bond acceptors (Lipinski definition) is 13. The van der Waals surface area contributed by atoms with Crippen LogP contribution in [0.5, 0.6) is 0 Å². The third-order valence-corrected chi connectivity index (χ3v) is 18.8. The van der Waals surface area contributed by atoms with Gasteiger partial charge in [-0.25, -0.2) is 9.97 Å². The number of H-pyrrole nitrogens is 1. The molecular formula is C81H126N10S4. The molecule has 0 aromatic carbocycles. The van der Waals surface area contributed by atoms with E-state index in [1.807, 2.05) is 51.3 Å². The average molecular weight is 1370 g/mol. The van der Waals surface area contributed by atoms with Gasteiger partial charge in [0.15, 0.2) is 0 Å². The van der Waals surface area contributed by atoms with E-state index in [-0.39, 0.29) is 48.7 Å². The number of aryl methyl sites for hydroxylation is 4. The van der Waals surface area contributed by atoms with Gasteiger partial charge in [-0.15, -0.1) is 22.7 Å². The van der Waals surface area contributed by atoms with Crippen molar-refractivity contribution in [3.05, 3.63) is 187 Å². The maximum Gasteiger partial charge on any atom is 0.0897 e. The van der Waals surface area contributed by atoms with Crippen LogP contribution in [0.25, 0.3) is 6.08 Å². The number of thiazole rings is 2. The van der Waals surface area contributed by atoms with E-state index in [4.69, 9.17) is 0 Å². The Balaban J connectivity index is 0.000000535. The number of hydrogen-bond donors (Lipinski definition) is 1. The van der Waals surface area contributed by atoms with Gasteiger partial charge in [0, 0.05) is 66.5 Å². The van der Waals surface area contributed by atoms with Gasteiger partial charge in [0.05, 0.1) is 69.6 Å². The summed E-state index contributed by atoms with van der Waals surface area (Å²) in [7, 11) is 0. The van der Waals surface area contributed by atoms with Crippen molar-refractivity contribution in [1.29, 1.82) is 0 Å². The summed E-state index contributed by atoms with van der Waals surface area (Å²) in [5.74, 6) is 0. The molecule has 0 radical (unpaired) electrons. The molecular weight excluding hydrogens is 1240 g/mol. The summed E-state index contributed by atoms with van der Waals surface area (Å²) in [5, 5.41) is 13.6. The first-order valence-electron chi connectivity index (χ1n) is 33.2. The molecule has 0 unspecified atom stereocenters. The Morgan fingerprint density at radius 1 is 0.505 bits per heavy atom. The average Bonchev–Trinajstić information content (AvgIpc) is 1.82. The molecule has 4 aliphatic rings.